The number of carbonyl (C=O) groups is 2. The molecule has 26 heavy (non-hydrogen) atoms. The third-order valence-corrected chi connectivity index (χ3v) is 4.56. The summed E-state index contributed by atoms with van der Waals surface area (Å²) in [5.41, 5.74) is 3.91. The maximum atomic E-state index is 12.5. The number of esters is 1. The van der Waals surface area contributed by atoms with Crippen LogP contribution in [0.1, 0.15) is 28.3 Å². The molecule has 1 fully saturated rings. The van der Waals surface area contributed by atoms with Crippen molar-refractivity contribution in [2.45, 2.75) is 12.3 Å². The van der Waals surface area contributed by atoms with E-state index in [1.54, 1.807) is 0 Å². The number of rotatable bonds is 4. The summed E-state index contributed by atoms with van der Waals surface area (Å²) in [5.74, 6) is -0.767. The van der Waals surface area contributed by atoms with Crippen LogP contribution in [0.5, 0.6) is 0 Å². The van der Waals surface area contributed by atoms with Crippen LogP contribution in [0, 0.1) is 5.92 Å². The smallest absolute Gasteiger partial charge is 0.341 e. The Morgan fingerprint density at radius 1 is 1.27 bits per heavy atom. The predicted octanol–water partition coefficient (Wildman–Crippen LogP) is 1.34. The number of carbonyl (C=O) groups excluding carboxylic acids is 2. The van der Waals surface area contributed by atoms with Crippen molar-refractivity contribution in [3.05, 3.63) is 64.2 Å². The maximum Gasteiger partial charge on any atom is 0.341 e. The summed E-state index contributed by atoms with van der Waals surface area (Å²) in [4.78, 5) is 36.3. The Bertz CT molecular complexity index is 1010. The molecule has 132 valence electrons. The highest BCUT2D eigenvalue weighted by Gasteiger charge is 2.44. The standard InChI is InChI=1S/C18H16N4O4/c1-26-18(25)14-9-22(8-13-15(14)19-20-16(13)23)21-17(24)12-7-11(12)10-5-3-2-4-6-10/h2-6,8-9,11-12H,7H2,1H3,(H,20,23)(H,21,24). The van der Waals surface area contributed by atoms with E-state index in [1.165, 1.54) is 24.2 Å². The first-order valence-corrected chi connectivity index (χ1v) is 8.13. The number of hydrogen-bond acceptors (Lipinski definition) is 5. The molecule has 0 radical (unpaired) electrons. The Kier molecular flexibility index (Phi) is 3.80. The van der Waals surface area contributed by atoms with Crippen molar-refractivity contribution in [2.24, 2.45) is 5.92 Å². The van der Waals surface area contributed by atoms with E-state index in [1.807, 2.05) is 30.3 Å². The molecule has 2 N–H and O–H groups in total. The summed E-state index contributed by atoms with van der Waals surface area (Å²) in [5, 5.41) is 6.14. The van der Waals surface area contributed by atoms with Gasteiger partial charge in [-0.2, -0.15) is 5.10 Å². The van der Waals surface area contributed by atoms with Crippen LogP contribution in [0.25, 0.3) is 11.3 Å². The number of ether oxygens (including phenoxy) is 1. The van der Waals surface area contributed by atoms with Crippen LogP contribution in [0.4, 0.5) is 0 Å². The van der Waals surface area contributed by atoms with Gasteiger partial charge < -0.3 is 4.74 Å². The van der Waals surface area contributed by atoms with Crippen molar-refractivity contribution in [1.82, 2.24) is 14.9 Å². The van der Waals surface area contributed by atoms with Gasteiger partial charge in [-0.25, -0.2) is 9.89 Å². The second kappa shape index (κ2) is 6.14. The number of fused-ring (bicyclic) bond motifs is 1. The van der Waals surface area contributed by atoms with Gasteiger partial charge in [0.25, 0.3) is 5.56 Å². The van der Waals surface area contributed by atoms with E-state index in [0.717, 1.165) is 12.0 Å². The van der Waals surface area contributed by atoms with E-state index in [2.05, 4.69) is 15.6 Å². The van der Waals surface area contributed by atoms with Crippen molar-refractivity contribution in [2.75, 3.05) is 12.5 Å². The molecule has 1 aromatic rings. The summed E-state index contributed by atoms with van der Waals surface area (Å²) in [7, 11) is 1.24. The lowest BCUT2D eigenvalue weighted by molar-refractivity contribution is -0.118. The summed E-state index contributed by atoms with van der Waals surface area (Å²) in [6, 6.07) is 9.83. The minimum absolute atomic E-state index is 0.0963. The first-order chi connectivity index (χ1) is 12.6. The van der Waals surface area contributed by atoms with Gasteiger partial charge >= 0.3 is 5.97 Å². The van der Waals surface area contributed by atoms with Gasteiger partial charge in [0.15, 0.2) is 0 Å². The highest BCUT2D eigenvalue weighted by atomic mass is 16.5. The Morgan fingerprint density at radius 3 is 2.77 bits per heavy atom. The number of nitrogens with one attached hydrogen (secondary N) is 2. The van der Waals surface area contributed by atoms with Gasteiger partial charge in [-0.05, 0) is 17.9 Å². The van der Waals surface area contributed by atoms with Crippen molar-refractivity contribution in [3.8, 4) is 11.3 Å². The molecule has 2 unspecified atom stereocenters. The summed E-state index contributed by atoms with van der Waals surface area (Å²) in [6.45, 7) is 0. The van der Waals surface area contributed by atoms with E-state index in [9.17, 15) is 14.4 Å². The average Bonchev–Trinajstić information content (AvgIpc) is 3.39. The Balaban J connectivity index is 1.59. The Morgan fingerprint density at radius 2 is 2.04 bits per heavy atom. The van der Waals surface area contributed by atoms with Crippen molar-refractivity contribution >= 4 is 11.9 Å². The first-order valence-electron chi connectivity index (χ1n) is 8.13. The van der Waals surface area contributed by atoms with Gasteiger partial charge in [0.2, 0.25) is 5.91 Å². The van der Waals surface area contributed by atoms with Gasteiger partial charge in [0.05, 0.1) is 12.7 Å². The summed E-state index contributed by atoms with van der Waals surface area (Å²) in [6.07, 6.45) is 3.60. The largest absolute Gasteiger partial charge is 0.465 e. The zero-order valence-electron chi connectivity index (χ0n) is 13.9. The third-order valence-electron chi connectivity index (χ3n) is 4.56. The minimum Gasteiger partial charge on any atom is -0.465 e. The Hall–Kier alpha value is -3.42. The van der Waals surface area contributed by atoms with E-state index in [0.29, 0.717) is 0 Å². The molecule has 1 amide bonds. The van der Waals surface area contributed by atoms with Gasteiger partial charge in [0, 0.05) is 18.3 Å². The number of nitrogens with zero attached hydrogens (tertiary/aromatic N) is 2. The number of pyridine rings is 1. The molecule has 0 spiro atoms. The van der Waals surface area contributed by atoms with E-state index < -0.39 is 11.5 Å². The topological polar surface area (TPSA) is 106 Å². The molecule has 2 aliphatic heterocycles. The van der Waals surface area contributed by atoms with Crippen LogP contribution >= 0.6 is 0 Å². The van der Waals surface area contributed by atoms with Crippen LogP contribution in [-0.4, -0.2) is 33.9 Å². The van der Waals surface area contributed by atoms with Crippen molar-refractivity contribution < 1.29 is 14.3 Å². The highest BCUT2D eigenvalue weighted by molar-refractivity contribution is 5.96. The van der Waals surface area contributed by atoms with Crippen molar-refractivity contribution in [3.63, 3.8) is 0 Å². The maximum absolute atomic E-state index is 12.5. The second-order valence-electron chi connectivity index (χ2n) is 6.22. The van der Waals surface area contributed by atoms with E-state index in [4.69, 9.17) is 4.74 Å². The fraction of sp³-hybridized carbons (Fsp3) is 0.222. The molecule has 1 aliphatic carbocycles. The monoisotopic (exact) mass is 352 g/mol. The molecule has 1 saturated carbocycles. The highest BCUT2D eigenvalue weighted by Crippen LogP contribution is 2.47. The third kappa shape index (κ3) is 2.75. The Labute approximate surface area is 148 Å². The van der Waals surface area contributed by atoms with Crippen molar-refractivity contribution in [1.29, 1.82) is 0 Å². The average molecular weight is 352 g/mol. The summed E-state index contributed by atoms with van der Waals surface area (Å²) >= 11 is 0. The molecule has 3 aliphatic rings. The quantitative estimate of drug-likeness (QED) is 0.689. The van der Waals surface area contributed by atoms with Crippen LogP contribution in [0.3, 0.4) is 0 Å². The van der Waals surface area contributed by atoms with Gasteiger partial charge in [-0.1, -0.05) is 30.3 Å². The fourth-order valence-corrected chi connectivity index (χ4v) is 3.12. The van der Waals surface area contributed by atoms with Crippen LogP contribution in [-0.2, 0) is 9.53 Å². The number of methoxy groups -OCH3 is 1. The lowest BCUT2D eigenvalue weighted by Gasteiger charge is -2.13. The molecule has 2 atom stereocenters. The predicted molar refractivity (Wildman–Crippen MR) is 92.5 cm³/mol. The molecule has 4 rings (SSSR count). The second-order valence-corrected chi connectivity index (χ2v) is 6.22. The molecule has 0 saturated heterocycles. The van der Waals surface area contributed by atoms with Gasteiger partial charge in [-0.15, -0.1) is 0 Å². The summed E-state index contributed by atoms with van der Waals surface area (Å²) < 4.78 is 6.04. The number of H-pyrrole nitrogens is 1. The molecule has 0 aromatic heterocycles. The molecular weight excluding hydrogens is 336 g/mol. The number of amides is 1. The van der Waals surface area contributed by atoms with Crippen LogP contribution in [0.2, 0.25) is 0 Å². The molecule has 0 bridgehead atoms. The van der Waals surface area contributed by atoms with Gasteiger partial charge in [0.1, 0.15) is 11.3 Å². The number of hydrogen-bond donors (Lipinski definition) is 2. The first kappa shape index (κ1) is 16.1. The van der Waals surface area contributed by atoms with Crippen LogP contribution in [0.15, 0.2) is 47.5 Å². The molecular formula is C18H16N4O4. The zero-order valence-corrected chi connectivity index (χ0v) is 13.9. The normalized spacial score (nSPS) is 18.5. The van der Waals surface area contributed by atoms with E-state index >= 15 is 0 Å². The molecule has 2 heterocycles. The number of aromatic nitrogens is 3. The van der Waals surface area contributed by atoms with Gasteiger partial charge in [-0.3, -0.25) is 19.7 Å². The molecule has 8 heteroatoms. The lowest BCUT2D eigenvalue weighted by Crippen LogP contribution is -2.26. The SMILES string of the molecule is COC(=O)c1cn(NC(=O)C2CC2c2ccccc2)cc2c(=O)[nH]nc1-2. The lowest BCUT2D eigenvalue weighted by atomic mass is 10.1. The van der Waals surface area contributed by atoms with E-state index in [-0.39, 0.29) is 34.6 Å². The number of aromatic amines is 1. The number of benzene rings is 1. The van der Waals surface area contributed by atoms with Crippen LogP contribution < -0.4 is 11.0 Å². The fourth-order valence-electron chi connectivity index (χ4n) is 3.12. The minimum atomic E-state index is -0.640. The zero-order chi connectivity index (χ0) is 18.3. The molecule has 1 aromatic carbocycles. The molecule has 8 nitrogen and oxygen atoms in total.